The van der Waals surface area contributed by atoms with E-state index in [0.717, 1.165) is 17.7 Å². The maximum Gasteiger partial charge on any atom is 0.521 e. The summed E-state index contributed by atoms with van der Waals surface area (Å²) in [5, 5.41) is 0. The van der Waals surface area contributed by atoms with Crippen LogP contribution in [0.2, 0.25) is 0 Å². The fraction of sp³-hybridized carbons (Fsp3) is 0.485. The van der Waals surface area contributed by atoms with Gasteiger partial charge in [-0.1, -0.05) is 50.3 Å². The van der Waals surface area contributed by atoms with Gasteiger partial charge in [-0.25, -0.2) is 16.8 Å². The Morgan fingerprint density at radius 2 is 1.38 bits per heavy atom. The van der Waals surface area contributed by atoms with E-state index in [0.29, 0.717) is 31.4 Å². The Morgan fingerprint density at radius 1 is 0.822 bits per heavy atom. The van der Waals surface area contributed by atoms with Gasteiger partial charge in [0.2, 0.25) is 20.0 Å². The lowest BCUT2D eigenvalue weighted by Gasteiger charge is -2.55. The molecule has 6 rings (SSSR count). The van der Waals surface area contributed by atoms with Crippen molar-refractivity contribution >= 4 is 26.1 Å². The highest BCUT2D eigenvalue weighted by Crippen LogP contribution is 2.51. The lowest BCUT2D eigenvalue weighted by molar-refractivity contribution is -0.882. The van der Waals surface area contributed by atoms with Crippen molar-refractivity contribution < 1.29 is 35.6 Å². The second-order valence-corrected chi connectivity index (χ2v) is 16.8. The van der Waals surface area contributed by atoms with Crippen LogP contribution in [0.15, 0.2) is 87.8 Å². The monoisotopic (exact) mass is 656 g/mol. The molecule has 1 unspecified atom stereocenters. The summed E-state index contributed by atoms with van der Waals surface area (Å²) in [4.78, 5) is 14.8. The molecule has 45 heavy (non-hydrogen) atoms. The van der Waals surface area contributed by atoms with Crippen LogP contribution in [0.25, 0.3) is 0 Å². The van der Waals surface area contributed by atoms with Gasteiger partial charge >= 0.3 is 6.09 Å². The predicted molar refractivity (Wildman–Crippen MR) is 169 cm³/mol. The van der Waals surface area contributed by atoms with Gasteiger partial charge < -0.3 is 9.47 Å². The van der Waals surface area contributed by atoms with Crippen LogP contribution in [0, 0.1) is 5.41 Å². The van der Waals surface area contributed by atoms with Crippen molar-refractivity contribution in [2.45, 2.75) is 67.8 Å². The van der Waals surface area contributed by atoms with E-state index in [9.17, 15) is 21.6 Å². The zero-order valence-corrected chi connectivity index (χ0v) is 27.7. The number of benzene rings is 2. The summed E-state index contributed by atoms with van der Waals surface area (Å²) in [7, 11) is -5.94. The Kier molecular flexibility index (Phi) is 8.49. The molecule has 1 aliphatic carbocycles. The molecular weight excluding hydrogens is 615 g/mol. The van der Waals surface area contributed by atoms with Gasteiger partial charge in [0, 0.05) is 68.9 Å². The number of ether oxygens (including phenoxy) is 2. The van der Waals surface area contributed by atoms with Crippen molar-refractivity contribution in [1.29, 1.82) is 0 Å². The maximum atomic E-state index is 14.3. The minimum Gasteiger partial charge on any atom is -0.497 e. The van der Waals surface area contributed by atoms with Crippen LogP contribution in [0.5, 0.6) is 5.75 Å². The van der Waals surface area contributed by atoms with Gasteiger partial charge in [0.15, 0.2) is 0 Å². The third-order valence-electron chi connectivity index (χ3n) is 9.97. The van der Waals surface area contributed by atoms with Crippen LogP contribution in [0.3, 0.4) is 0 Å². The average molecular weight is 657 g/mol. The molecule has 3 heterocycles. The summed E-state index contributed by atoms with van der Waals surface area (Å²) in [6, 6.07) is 14.5. The van der Waals surface area contributed by atoms with Gasteiger partial charge in [-0.15, -0.1) is 0 Å². The van der Waals surface area contributed by atoms with E-state index in [1.807, 2.05) is 0 Å². The Morgan fingerprint density at radius 3 is 1.96 bits per heavy atom. The molecule has 2 aromatic rings. The zero-order valence-electron chi connectivity index (χ0n) is 26.1. The van der Waals surface area contributed by atoms with E-state index >= 15 is 0 Å². The third-order valence-corrected chi connectivity index (χ3v) is 13.8. The second kappa shape index (κ2) is 12.0. The number of nitrogens with zero attached hydrogens (tertiary/aromatic N) is 3. The van der Waals surface area contributed by atoms with E-state index in [1.165, 1.54) is 21.8 Å². The number of sulfonamides is 2. The minimum absolute atomic E-state index is 0.0128. The highest BCUT2D eigenvalue weighted by Gasteiger charge is 2.62. The Labute approximate surface area is 266 Å². The smallest absolute Gasteiger partial charge is 0.497 e. The SMILES string of the molecule is COc1cccc(S(=O)(=O)N2CCC([N+]3(C4CCN(S(=O)(=O)c5ccccc5)CC4)C(=O)OCC4=C3C(C)(C)CC=C4)CC2)c1. The molecule has 2 aromatic carbocycles. The fourth-order valence-electron chi connectivity index (χ4n) is 7.89. The molecule has 3 aliphatic heterocycles. The fourth-order valence-corrected chi connectivity index (χ4v) is 10.9. The van der Waals surface area contributed by atoms with Gasteiger partial charge in [-0.05, 0) is 30.7 Å². The van der Waals surface area contributed by atoms with Crippen molar-refractivity contribution in [2.75, 3.05) is 39.9 Å². The van der Waals surface area contributed by atoms with Crippen LogP contribution in [0.4, 0.5) is 4.79 Å². The highest BCUT2D eigenvalue weighted by molar-refractivity contribution is 7.89. The molecule has 0 aromatic heterocycles. The maximum absolute atomic E-state index is 14.3. The number of cyclic esters (lactones) is 1. The first-order valence-corrected chi connectivity index (χ1v) is 18.5. The minimum atomic E-state index is -3.77. The molecule has 0 N–H and O–H groups in total. The Balaban J connectivity index is 1.33. The first-order chi connectivity index (χ1) is 21.4. The zero-order chi connectivity index (χ0) is 32.0. The van der Waals surface area contributed by atoms with E-state index in [2.05, 4.69) is 26.0 Å². The Hall–Kier alpha value is -3.03. The number of carbonyl (C=O) groups is 1. The van der Waals surface area contributed by atoms with Crippen LogP contribution < -0.4 is 4.74 Å². The predicted octanol–water partition coefficient (Wildman–Crippen LogP) is 4.91. The molecule has 10 nitrogen and oxygen atoms in total. The van der Waals surface area contributed by atoms with E-state index in [1.54, 1.807) is 48.5 Å². The average Bonchev–Trinajstić information content (AvgIpc) is 3.05. The highest BCUT2D eigenvalue weighted by atomic mass is 32.2. The summed E-state index contributed by atoms with van der Waals surface area (Å²) < 4.78 is 68.5. The summed E-state index contributed by atoms with van der Waals surface area (Å²) in [6.07, 6.45) is 6.57. The van der Waals surface area contributed by atoms with Crippen LogP contribution >= 0.6 is 0 Å². The quantitative estimate of drug-likeness (QED) is 0.390. The second-order valence-electron chi connectivity index (χ2n) is 13.0. The van der Waals surface area contributed by atoms with Gasteiger partial charge in [0.1, 0.15) is 30.1 Å². The number of methoxy groups -OCH3 is 1. The largest absolute Gasteiger partial charge is 0.521 e. The van der Waals surface area contributed by atoms with Crippen molar-refractivity contribution in [3.63, 3.8) is 0 Å². The lowest BCUT2D eigenvalue weighted by Crippen LogP contribution is -2.71. The molecule has 2 saturated heterocycles. The first kappa shape index (κ1) is 31.9. The molecule has 0 spiro atoms. The number of piperidine rings is 2. The summed E-state index contributed by atoms with van der Waals surface area (Å²) in [6.45, 7) is 5.63. The van der Waals surface area contributed by atoms with Gasteiger partial charge in [0.25, 0.3) is 0 Å². The van der Waals surface area contributed by atoms with E-state index in [4.69, 9.17) is 9.47 Å². The number of hydrogen-bond acceptors (Lipinski definition) is 7. The number of amides is 1. The molecule has 0 bridgehead atoms. The molecular formula is C33H42N3O7S2+. The summed E-state index contributed by atoms with van der Waals surface area (Å²) in [5.41, 5.74) is 1.71. The van der Waals surface area contributed by atoms with Gasteiger partial charge in [-0.2, -0.15) is 17.9 Å². The van der Waals surface area contributed by atoms with Crippen LogP contribution in [-0.4, -0.2) is 88.0 Å². The lowest BCUT2D eigenvalue weighted by atomic mass is 9.75. The number of rotatable bonds is 7. The van der Waals surface area contributed by atoms with E-state index < -0.39 is 20.0 Å². The topological polar surface area (TPSA) is 110 Å². The molecule has 0 radical (unpaired) electrons. The van der Waals surface area contributed by atoms with Crippen molar-refractivity contribution in [3.8, 4) is 5.75 Å². The van der Waals surface area contributed by atoms with Crippen molar-refractivity contribution in [3.05, 3.63) is 78.0 Å². The first-order valence-electron chi connectivity index (χ1n) is 15.6. The molecule has 1 amide bonds. The van der Waals surface area contributed by atoms with Crippen molar-refractivity contribution in [1.82, 2.24) is 8.61 Å². The normalized spacial score (nSPS) is 25.5. The number of allylic oxidation sites excluding steroid dienone is 2. The van der Waals surface area contributed by atoms with E-state index in [-0.39, 0.29) is 70.7 Å². The Bertz CT molecular complexity index is 1720. The number of quaternary nitrogens is 1. The van der Waals surface area contributed by atoms with Gasteiger partial charge in [0.05, 0.1) is 16.9 Å². The molecule has 242 valence electrons. The number of carbonyl (C=O) groups excluding carboxylic acids is 1. The van der Waals surface area contributed by atoms with Gasteiger partial charge in [-0.3, -0.25) is 0 Å². The molecule has 4 aliphatic rings. The molecule has 0 saturated carbocycles. The standard InChI is InChI=1S/C33H42N3O7S2/c1-33(2)18-8-9-25-24-43-32(37)36(31(25)33,26-14-19-34(20-15-26)44(38,39)29-11-5-4-6-12-29)27-16-21-35(22-17-27)45(40,41)30-13-7-10-28(23-30)42-3/h4-13,23,26-27H,14-22,24H2,1-3H3/q+1. The number of hydrogen-bond donors (Lipinski definition) is 0. The van der Waals surface area contributed by atoms with Crippen LogP contribution in [-0.2, 0) is 24.8 Å². The van der Waals surface area contributed by atoms with Crippen molar-refractivity contribution in [2.24, 2.45) is 5.41 Å². The molecule has 1 atom stereocenters. The van der Waals surface area contributed by atoms with Crippen LogP contribution in [0.1, 0.15) is 46.0 Å². The molecule has 2 fully saturated rings. The summed E-state index contributed by atoms with van der Waals surface area (Å²) in [5.74, 6) is 0.471. The molecule has 12 heteroatoms. The third kappa shape index (κ3) is 5.44. The summed E-state index contributed by atoms with van der Waals surface area (Å²) >= 11 is 0.